The first-order valence-electron chi connectivity index (χ1n) is 9.94. The van der Waals surface area contributed by atoms with Crippen molar-refractivity contribution in [1.82, 2.24) is 30.5 Å². The van der Waals surface area contributed by atoms with E-state index in [0.29, 0.717) is 11.6 Å². The second-order valence-corrected chi connectivity index (χ2v) is 7.41. The Kier molecular flexibility index (Phi) is 4.87. The molecule has 1 unspecified atom stereocenters. The molecule has 0 aliphatic carbocycles. The lowest BCUT2D eigenvalue weighted by molar-refractivity contribution is 0.501. The number of halogens is 2. The molecule has 0 amide bonds. The highest BCUT2D eigenvalue weighted by molar-refractivity contribution is 5.76. The lowest BCUT2D eigenvalue weighted by Gasteiger charge is -2.12. The van der Waals surface area contributed by atoms with Crippen molar-refractivity contribution in [2.75, 3.05) is 12.3 Å². The Labute approximate surface area is 176 Å². The van der Waals surface area contributed by atoms with Gasteiger partial charge in [0.15, 0.2) is 17.5 Å². The van der Waals surface area contributed by atoms with Gasteiger partial charge >= 0.3 is 0 Å². The van der Waals surface area contributed by atoms with Gasteiger partial charge in [-0.2, -0.15) is 4.68 Å². The Bertz CT molecular complexity index is 1230. The molecule has 0 radical (unpaired) electrons. The maximum atomic E-state index is 14.3. The number of hydrogen-bond acceptors (Lipinski definition) is 6. The Morgan fingerprint density at radius 3 is 2.68 bits per heavy atom. The number of pyridine rings is 1. The fourth-order valence-electron chi connectivity index (χ4n) is 3.86. The third-order valence-corrected chi connectivity index (χ3v) is 5.50. The van der Waals surface area contributed by atoms with Crippen LogP contribution in [0, 0.1) is 11.6 Å². The van der Waals surface area contributed by atoms with Crippen molar-refractivity contribution >= 4 is 5.82 Å². The summed E-state index contributed by atoms with van der Waals surface area (Å²) in [5.74, 6) is -1.68. The zero-order valence-electron chi connectivity index (χ0n) is 16.5. The minimum atomic E-state index is -1.05. The standard InChI is InChI=1S/C22H19F2N7/c23-17-3-1-5-19(20(17)24)31-22(28-29-30-31)16-11-15(12-27-21(16)25)13-6-8-14(9-7-13)18-4-2-10-26-18/h1,3,5-9,11-12,18,26H,2,4,10H2,(H2,25,27). The highest BCUT2D eigenvalue weighted by Gasteiger charge is 2.20. The van der Waals surface area contributed by atoms with Gasteiger partial charge in [0.05, 0.1) is 5.56 Å². The molecular formula is C22H19F2N7. The van der Waals surface area contributed by atoms with Crippen LogP contribution in [0.3, 0.4) is 0 Å². The zero-order valence-corrected chi connectivity index (χ0v) is 16.5. The summed E-state index contributed by atoms with van der Waals surface area (Å²) >= 11 is 0. The van der Waals surface area contributed by atoms with Crippen molar-refractivity contribution in [2.45, 2.75) is 18.9 Å². The van der Waals surface area contributed by atoms with Crippen LogP contribution in [0.4, 0.5) is 14.6 Å². The zero-order chi connectivity index (χ0) is 21.4. The SMILES string of the molecule is Nc1ncc(-c2ccc(C3CCCN3)cc2)cc1-c1nnnn1-c1cccc(F)c1F. The van der Waals surface area contributed by atoms with Crippen LogP contribution >= 0.6 is 0 Å². The topological polar surface area (TPSA) is 94.5 Å². The number of nitrogens with zero attached hydrogens (tertiary/aromatic N) is 5. The monoisotopic (exact) mass is 419 g/mol. The van der Waals surface area contributed by atoms with Gasteiger partial charge in [-0.05, 0) is 59.1 Å². The summed E-state index contributed by atoms with van der Waals surface area (Å²) < 4.78 is 29.2. The van der Waals surface area contributed by atoms with Crippen LogP contribution in [0.15, 0.2) is 54.7 Å². The predicted molar refractivity (Wildman–Crippen MR) is 112 cm³/mol. The molecule has 0 saturated carbocycles. The number of nitrogens with one attached hydrogen (secondary N) is 1. The second kappa shape index (κ2) is 7.84. The molecule has 1 saturated heterocycles. The van der Waals surface area contributed by atoms with Crippen molar-refractivity contribution in [3.05, 3.63) is 71.9 Å². The van der Waals surface area contributed by atoms with E-state index in [-0.39, 0.29) is 17.3 Å². The normalized spacial score (nSPS) is 16.0. The van der Waals surface area contributed by atoms with Gasteiger partial charge in [-0.15, -0.1) is 5.10 Å². The van der Waals surface area contributed by atoms with E-state index in [1.54, 1.807) is 12.3 Å². The molecule has 3 N–H and O–H groups in total. The van der Waals surface area contributed by atoms with E-state index in [9.17, 15) is 8.78 Å². The van der Waals surface area contributed by atoms with Crippen molar-refractivity contribution in [2.24, 2.45) is 0 Å². The molecule has 9 heteroatoms. The number of hydrogen-bond donors (Lipinski definition) is 2. The number of anilines is 1. The molecule has 1 atom stereocenters. The first-order valence-corrected chi connectivity index (χ1v) is 9.94. The van der Waals surface area contributed by atoms with Crippen LogP contribution in [0.2, 0.25) is 0 Å². The number of nitrogen functional groups attached to an aromatic ring is 1. The number of nitrogens with two attached hydrogens (primary N) is 1. The molecule has 2 aromatic heterocycles. The van der Waals surface area contributed by atoms with Gasteiger partial charge in [0, 0.05) is 17.8 Å². The average Bonchev–Trinajstić information content (AvgIpc) is 3.49. The molecule has 3 heterocycles. The van der Waals surface area contributed by atoms with Crippen molar-refractivity contribution in [3.8, 4) is 28.2 Å². The van der Waals surface area contributed by atoms with E-state index in [1.807, 2.05) is 12.1 Å². The first-order chi connectivity index (χ1) is 15.1. The summed E-state index contributed by atoms with van der Waals surface area (Å²) in [6, 6.07) is 14.2. The van der Waals surface area contributed by atoms with Gasteiger partial charge in [0.2, 0.25) is 0 Å². The minimum absolute atomic E-state index is 0.113. The Morgan fingerprint density at radius 1 is 1.06 bits per heavy atom. The van der Waals surface area contributed by atoms with E-state index in [4.69, 9.17) is 5.73 Å². The van der Waals surface area contributed by atoms with Gasteiger partial charge in [-0.25, -0.2) is 13.8 Å². The quantitative estimate of drug-likeness (QED) is 0.524. The molecule has 0 bridgehead atoms. The lowest BCUT2D eigenvalue weighted by atomic mass is 10.00. The molecule has 1 fully saturated rings. The van der Waals surface area contributed by atoms with Crippen molar-refractivity contribution in [3.63, 3.8) is 0 Å². The molecule has 4 aromatic rings. The molecule has 31 heavy (non-hydrogen) atoms. The molecule has 1 aliphatic heterocycles. The molecular weight excluding hydrogens is 400 g/mol. The maximum absolute atomic E-state index is 14.3. The molecule has 2 aromatic carbocycles. The van der Waals surface area contributed by atoms with Gasteiger partial charge in [0.25, 0.3) is 0 Å². The number of tetrazole rings is 1. The van der Waals surface area contributed by atoms with Crippen LogP contribution < -0.4 is 11.1 Å². The van der Waals surface area contributed by atoms with Crippen LogP contribution in [-0.2, 0) is 0 Å². The van der Waals surface area contributed by atoms with Crippen LogP contribution in [0.5, 0.6) is 0 Å². The molecule has 7 nitrogen and oxygen atoms in total. The van der Waals surface area contributed by atoms with Crippen LogP contribution in [0.25, 0.3) is 28.2 Å². The summed E-state index contributed by atoms with van der Waals surface area (Å²) in [5, 5.41) is 14.9. The second-order valence-electron chi connectivity index (χ2n) is 7.41. The molecule has 5 rings (SSSR count). The van der Waals surface area contributed by atoms with E-state index in [2.05, 4.69) is 38.0 Å². The maximum Gasteiger partial charge on any atom is 0.190 e. The summed E-state index contributed by atoms with van der Waals surface area (Å²) in [6.07, 6.45) is 3.98. The summed E-state index contributed by atoms with van der Waals surface area (Å²) in [5.41, 5.74) is 9.40. The van der Waals surface area contributed by atoms with Crippen molar-refractivity contribution < 1.29 is 8.78 Å². The van der Waals surface area contributed by atoms with E-state index < -0.39 is 11.6 Å². The number of aromatic nitrogens is 5. The fraction of sp³-hybridized carbons (Fsp3) is 0.182. The first kappa shape index (κ1) is 19.3. The molecule has 0 spiro atoms. The van der Waals surface area contributed by atoms with E-state index in [0.717, 1.165) is 34.8 Å². The highest BCUT2D eigenvalue weighted by atomic mass is 19.2. The Balaban J connectivity index is 1.53. The van der Waals surface area contributed by atoms with Crippen LogP contribution in [-0.4, -0.2) is 31.7 Å². The van der Waals surface area contributed by atoms with Gasteiger partial charge in [-0.3, -0.25) is 0 Å². The molecule has 1 aliphatic rings. The predicted octanol–water partition coefficient (Wildman–Crippen LogP) is 3.68. The van der Waals surface area contributed by atoms with Gasteiger partial charge in [-0.1, -0.05) is 30.3 Å². The van der Waals surface area contributed by atoms with E-state index in [1.165, 1.54) is 24.1 Å². The molecule has 156 valence electrons. The number of rotatable bonds is 4. The summed E-state index contributed by atoms with van der Waals surface area (Å²) in [4.78, 5) is 4.27. The lowest BCUT2D eigenvalue weighted by Crippen LogP contribution is -2.12. The van der Waals surface area contributed by atoms with Gasteiger partial charge < -0.3 is 11.1 Å². The fourth-order valence-corrected chi connectivity index (χ4v) is 3.86. The summed E-state index contributed by atoms with van der Waals surface area (Å²) in [7, 11) is 0. The number of benzene rings is 2. The van der Waals surface area contributed by atoms with E-state index >= 15 is 0 Å². The average molecular weight is 419 g/mol. The Morgan fingerprint density at radius 2 is 1.90 bits per heavy atom. The summed E-state index contributed by atoms with van der Waals surface area (Å²) in [6.45, 7) is 1.04. The Hall–Kier alpha value is -3.72. The third kappa shape index (κ3) is 3.53. The smallest absolute Gasteiger partial charge is 0.190 e. The van der Waals surface area contributed by atoms with Crippen LogP contribution in [0.1, 0.15) is 24.4 Å². The minimum Gasteiger partial charge on any atom is -0.383 e. The van der Waals surface area contributed by atoms with Crippen molar-refractivity contribution in [1.29, 1.82) is 0 Å². The van der Waals surface area contributed by atoms with Gasteiger partial charge in [0.1, 0.15) is 11.5 Å². The largest absolute Gasteiger partial charge is 0.383 e. The third-order valence-electron chi connectivity index (χ3n) is 5.50. The highest BCUT2D eigenvalue weighted by Crippen LogP contribution is 2.31.